The summed E-state index contributed by atoms with van der Waals surface area (Å²) in [6.45, 7) is 9.98. The molecule has 0 heterocycles. The summed E-state index contributed by atoms with van der Waals surface area (Å²) in [6.07, 6.45) is 9.76. The van der Waals surface area contributed by atoms with Crippen molar-refractivity contribution in [2.24, 2.45) is 46.3 Å². The Labute approximate surface area is 202 Å². The van der Waals surface area contributed by atoms with Crippen LogP contribution in [0.5, 0.6) is 0 Å². The molecule has 0 unspecified atom stereocenters. The van der Waals surface area contributed by atoms with Gasteiger partial charge in [0.1, 0.15) is 13.1 Å². The van der Waals surface area contributed by atoms with E-state index in [0.717, 1.165) is 49.0 Å². The second-order valence-electron chi connectivity index (χ2n) is 13.4. The molecule has 0 aromatic heterocycles. The Morgan fingerprint density at radius 3 is 2.24 bits per heavy atom. The van der Waals surface area contributed by atoms with Gasteiger partial charge in [0, 0.05) is 0 Å². The zero-order chi connectivity index (χ0) is 24.0. The van der Waals surface area contributed by atoms with Gasteiger partial charge in [-0.1, -0.05) is 20.8 Å². The van der Waals surface area contributed by atoms with Crippen LogP contribution in [0.25, 0.3) is 0 Å². The molecule has 0 aliphatic heterocycles. The molecule has 33 heavy (non-hydrogen) atoms. The number of aliphatic hydroxyl groups excluding tert-OH is 4. The molecule has 192 valence electrons. The van der Waals surface area contributed by atoms with Crippen LogP contribution in [0.15, 0.2) is 0 Å². The second-order valence-corrected chi connectivity index (χ2v) is 13.4. The highest BCUT2D eigenvalue weighted by atomic mass is 16.3. The number of hydrogen-bond acceptors (Lipinski definition) is 4. The molecule has 0 bridgehead atoms. The van der Waals surface area contributed by atoms with Crippen LogP contribution in [0.3, 0.4) is 0 Å². The molecule has 4 rings (SSSR count). The van der Waals surface area contributed by atoms with Gasteiger partial charge in [0.15, 0.2) is 0 Å². The maximum atomic E-state index is 11.7. The Morgan fingerprint density at radius 2 is 1.58 bits per heavy atom. The van der Waals surface area contributed by atoms with Gasteiger partial charge in [-0.05, 0) is 104 Å². The van der Waals surface area contributed by atoms with E-state index in [1.165, 1.54) is 25.7 Å². The number of likely N-dealkylation sites (N-methyl/N-ethyl adjacent to an activating group) is 1. The van der Waals surface area contributed by atoms with Gasteiger partial charge < -0.3 is 24.9 Å². The first-order valence-corrected chi connectivity index (χ1v) is 14.0. The smallest absolute Gasteiger partial charge is 0.102 e. The Kier molecular flexibility index (Phi) is 7.60. The van der Waals surface area contributed by atoms with Gasteiger partial charge in [-0.3, -0.25) is 0 Å². The molecule has 0 aromatic carbocycles. The summed E-state index contributed by atoms with van der Waals surface area (Å²) >= 11 is 0. The van der Waals surface area contributed by atoms with Crippen molar-refractivity contribution in [3.8, 4) is 0 Å². The molecule has 4 aliphatic carbocycles. The molecule has 0 spiro atoms. The number of quaternary nitrogens is 1. The molecule has 0 radical (unpaired) electrons. The molecule has 4 aliphatic rings. The highest BCUT2D eigenvalue weighted by Gasteiger charge is 2.63. The van der Waals surface area contributed by atoms with Crippen LogP contribution in [0.4, 0.5) is 0 Å². The number of hydrogen-bond donors (Lipinski definition) is 4. The molecule has 0 aromatic rings. The van der Waals surface area contributed by atoms with Crippen molar-refractivity contribution in [3.05, 3.63) is 0 Å². The fraction of sp³-hybridized carbons (Fsp3) is 1.00. The van der Waals surface area contributed by atoms with Crippen molar-refractivity contribution < 1.29 is 24.9 Å². The minimum absolute atomic E-state index is 0.00925. The topological polar surface area (TPSA) is 80.9 Å². The summed E-state index contributed by atoms with van der Waals surface area (Å²) in [5.41, 5.74) is 0.303. The maximum Gasteiger partial charge on any atom is 0.102 e. The lowest BCUT2D eigenvalue weighted by Crippen LogP contribution is -2.59. The average molecular weight is 467 g/mol. The van der Waals surface area contributed by atoms with Crippen LogP contribution in [0.2, 0.25) is 0 Å². The van der Waals surface area contributed by atoms with Crippen molar-refractivity contribution in [2.75, 3.05) is 39.9 Å². The van der Waals surface area contributed by atoms with Crippen LogP contribution in [-0.2, 0) is 0 Å². The van der Waals surface area contributed by atoms with Crippen LogP contribution in [0, 0.1) is 46.3 Å². The Morgan fingerprint density at radius 1 is 0.879 bits per heavy atom. The summed E-state index contributed by atoms with van der Waals surface area (Å²) in [5, 5.41) is 41.1. The number of aliphatic hydroxyl groups is 4. The standard InChI is InChI=1S/C28H52NO4/c1-19(10-12-29(4,13-15-30)14-16-31)23-7-8-24-22-6-5-20-17-21(32)9-11-27(20,2)25(22)18-26(33)28(23,24)3/h19-26,30-33H,5-18H2,1-4H3/q+1/t19-,20-,21-,22+,23-,24+,25+,26+,27+,28-/m1/s1. The molecule has 5 nitrogen and oxygen atoms in total. The van der Waals surface area contributed by atoms with E-state index in [4.69, 9.17) is 0 Å². The van der Waals surface area contributed by atoms with E-state index < -0.39 is 0 Å². The fourth-order valence-corrected chi connectivity index (χ4v) is 9.69. The van der Waals surface area contributed by atoms with E-state index in [1.54, 1.807) is 0 Å². The zero-order valence-corrected chi connectivity index (χ0v) is 21.8. The lowest BCUT2D eigenvalue weighted by Gasteiger charge is -2.62. The lowest BCUT2D eigenvalue weighted by molar-refractivity contribution is -0.910. The zero-order valence-electron chi connectivity index (χ0n) is 21.8. The maximum absolute atomic E-state index is 11.7. The van der Waals surface area contributed by atoms with Crippen molar-refractivity contribution in [1.29, 1.82) is 0 Å². The molecule has 0 amide bonds. The molecule has 4 N–H and O–H groups in total. The van der Waals surface area contributed by atoms with E-state index in [-0.39, 0.29) is 30.8 Å². The second kappa shape index (κ2) is 9.69. The molecule has 5 heteroatoms. The Bertz CT molecular complexity index is 666. The predicted octanol–water partition coefficient (Wildman–Crippen LogP) is 3.43. The summed E-state index contributed by atoms with van der Waals surface area (Å²) in [5.74, 6) is 3.69. The fourth-order valence-electron chi connectivity index (χ4n) is 9.69. The minimum Gasteiger partial charge on any atom is -0.393 e. The van der Waals surface area contributed by atoms with Gasteiger partial charge >= 0.3 is 0 Å². The molecule has 10 atom stereocenters. The Hall–Kier alpha value is -0.200. The van der Waals surface area contributed by atoms with Crippen molar-refractivity contribution in [3.63, 3.8) is 0 Å². The third-order valence-corrected chi connectivity index (χ3v) is 11.9. The van der Waals surface area contributed by atoms with Crippen molar-refractivity contribution in [1.82, 2.24) is 0 Å². The van der Waals surface area contributed by atoms with Gasteiger partial charge in [0.05, 0.1) is 39.0 Å². The predicted molar refractivity (Wildman–Crippen MR) is 131 cm³/mol. The monoisotopic (exact) mass is 466 g/mol. The highest BCUT2D eigenvalue weighted by Crippen LogP contribution is 2.68. The molecular weight excluding hydrogens is 414 g/mol. The third-order valence-electron chi connectivity index (χ3n) is 11.9. The number of rotatable bonds is 8. The van der Waals surface area contributed by atoms with E-state index in [2.05, 4.69) is 27.8 Å². The quantitative estimate of drug-likeness (QED) is 0.413. The van der Waals surface area contributed by atoms with Gasteiger partial charge in [-0.15, -0.1) is 0 Å². The molecule has 4 saturated carbocycles. The van der Waals surface area contributed by atoms with E-state index in [9.17, 15) is 20.4 Å². The molecule has 4 fully saturated rings. The average Bonchev–Trinajstić information content (AvgIpc) is 3.13. The first-order chi connectivity index (χ1) is 15.6. The normalized spacial score (nSPS) is 46.4. The summed E-state index contributed by atoms with van der Waals surface area (Å²) in [6, 6.07) is 0. The largest absolute Gasteiger partial charge is 0.393 e. The molecule has 0 saturated heterocycles. The van der Waals surface area contributed by atoms with Crippen molar-refractivity contribution in [2.45, 2.75) is 90.8 Å². The first-order valence-electron chi connectivity index (χ1n) is 14.0. The number of nitrogens with zero attached hydrogens (tertiary/aromatic N) is 1. The van der Waals surface area contributed by atoms with Crippen LogP contribution in [-0.4, -0.2) is 77.0 Å². The Balaban J connectivity index is 1.48. The lowest BCUT2D eigenvalue weighted by atomic mass is 9.43. The van der Waals surface area contributed by atoms with E-state index in [1.807, 2.05) is 0 Å². The molecular formula is C28H52NO4+. The summed E-state index contributed by atoms with van der Waals surface area (Å²) in [7, 11) is 2.15. The first kappa shape index (κ1) is 25.9. The van der Waals surface area contributed by atoms with Gasteiger partial charge in [0.2, 0.25) is 0 Å². The van der Waals surface area contributed by atoms with Crippen LogP contribution < -0.4 is 0 Å². The summed E-state index contributed by atoms with van der Waals surface area (Å²) < 4.78 is 0.725. The van der Waals surface area contributed by atoms with Gasteiger partial charge in [0.25, 0.3) is 0 Å². The van der Waals surface area contributed by atoms with Crippen molar-refractivity contribution >= 4 is 0 Å². The minimum atomic E-state index is -0.225. The van der Waals surface area contributed by atoms with Crippen LogP contribution >= 0.6 is 0 Å². The van der Waals surface area contributed by atoms with Crippen LogP contribution in [0.1, 0.15) is 78.6 Å². The highest BCUT2D eigenvalue weighted by molar-refractivity contribution is 5.12. The summed E-state index contributed by atoms with van der Waals surface area (Å²) in [4.78, 5) is 0. The van der Waals surface area contributed by atoms with Gasteiger partial charge in [-0.2, -0.15) is 0 Å². The number of fused-ring (bicyclic) bond motifs is 5. The van der Waals surface area contributed by atoms with E-state index in [0.29, 0.717) is 48.1 Å². The van der Waals surface area contributed by atoms with E-state index >= 15 is 0 Å². The van der Waals surface area contributed by atoms with Gasteiger partial charge in [-0.25, -0.2) is 0 Å². The SMILES string of the molecule is C[C@H](CC[N+](C)(CCO)CCO)[C@H]1CC[C@H]2[C@@H]3CC[C@@H]4C[C@H](O)CC[C@]4(C)[C@H]3C[C@H](O)[C@]12C. The third kappa shape index (κ3) is 4.43.